The molecule has 0 bridgehead atoms. The van der Waals surface area contributed by atoms with E-state index in [1.807, 2.05) is 0 Å². The van der Waals surface area contributed by atoms with Gasteiger partial charge in [-0.15, -0.1) is 0 Å². The van der Waals surface area contributed by atoms with Crippen molar-refractivity contribution in [2.24, 2.45) is 0 Å². The fourth-order valence-corrected chi connectivity index (χ4v) is 1.53. The zero-order valence-corrected chi connectivity index (χ0v) is 10.0. The number of halogens is 2. The number of aldehydes is 1. The maximum atomic E-state index is 13.0. The number of hydrogen-bond donors (Lipinski definition) is 0. The molecule has 0 aliphatic rings. The monoisotopic (exact) mass is 265 g/mol. The number of rotatable bonds is 4. The number of ether oxygens (including phenoxy) is 1. The summed E-state index contributed by atoms with van der Waals surface area (Å²) in [6.07, 6.45) is 2.07. The molecule has 2 aromatic rings. The SMILES string of the molecule is O=Cc1ccc(OCc2cc(F)ccc2Cl)cn1. The molecule has 0 atom stereocenters. The summed E-state index contributed by atoms with van der Waals surface area (Å²) in [4.78, 5) is 14.3. The first-order valence-electron chi connectivity index (χ1n) is 5.17. The van der Waals surface area contributed by atoms with E-state index in [0.29, 0.717) is 28.3 Å². The van der Waals surface area contributed by atoms with Gasteiger partial charge in [0.05, 0.1) is 6.20 Å². The molecule has 0 N–H and O–H groups in total. The predicted octanol–water partition coefficient (Wildman–Crippen LogP) is 3.27. The smallest absolute Gasteiger partial charge is 0.168 e. The highest BCUT2D eigenvalue weighted by molar-refractivity contribution is 6.31. The highest BCUT2D eigenvalue weighted by atomic mass is 35.5. The van der Waals surface area contributed by atoms with E-state index in [4.69, 9.17) is 16.3 Å². The van der Waals surface area contributed by atoms with Gasteiger partial charge in [-0.25, -0.2) is 9.37 Å². The van der Waals surface area contributed by atoms with E-state index in [1.54, 1.807) is 6.07 Å². The summed E-state index contributed by atoms with van der Waals surface area (Å²) in [6, 6.07) is 7.23. The van der Waals surface area contributed by atoms with E-state index in [1.165, 1.54) is 30.5 Å². The molecule has 18 heavy (non-hydrogen) atoms. The fourth-order valence-electron chi connectivity index (χ4n) is 1.36. The van der Waals surface area contributed by atoms with Gasteiger partial charge in [0.25, 0.3) is 0 Å². The average Bonchev–Trinajstić information content (AvgIpc) is 2.40. The van der Waals surface area contributed by atoms with Gasteiger partial charge in [0.15, 0.2) is 6.29 Å². The van der Waals surface area contributed by atoms with Crippen LogP contribution >= 0.6 is 11.6 Å². The molecule has 2 rings (SSSR count). The van der Waals surface area contributed by atoms with Crippen LogP contribution in [0.2, 0.25) is 5.02 Å². The maximum Gasteiger partial charge on any atom is 0.168 e. The van der Waals surface area contributed by atoms with Crippen LogP contribution in [0.4, 0.5) is 4.39 Å². The molecule has 1 heterocycles. The Bertz CT molecular complexity index is 557. The second kappa shape index (κ2) is 5.60. The number of aromatic nitrogens is 1. The van der Waals surface area contributed by atoms with E-state index in [0.717, 1.165) is 0 Å². The molecule has 0 saturated carbocycles. The molecule has 92 valence electrons. The van der Waals surface area contributed by atoms with Crippen LogP contribution in [0, 0.1) is 5.82 Å². The van der Waals surface area contributed by atoms with Crippen molar-refractivity contribution in [1.29, 1.82) is 0 Å². The van der Waals surface area contributed by atoms with Gasteiger partial charge >= 0.3 is 0 Å². The third-order valence-corrected chi connectivity index (χ3v) is 2.65. The van der Waals surface area contributed by atoms with E-state index >= 15 is 0 Å². The lowest BCUT2D eigenvalue weighted by Gasteiger charge is -2.07. The minimum atomic E-state index is -0.368. The van der Waals surface area contributed by atoms with Gasteiger partial charge in [0, 0.05) is 10.6 Å². The summed E-state index contributed by atoms with van der Waals surface area (Å²) in [5.41, 5.74) is 0.877. The van der Waals surface area contributed by atoms with Crippen molar-refractivity contribution in [1.82, 2.24) is 4.98 Å². The van der Waals surface area contributed by atoms with Gasteiger partial charge in [0.2, 0.25) is 0 Å². The Morgan fingerprint density at radius 2 is 2.17 bits per heavy atom. The van der Waals surface area contributed by atoms with Crippen LogP contribution in [0.25, 0.3) is 0 Å². The Labute approximate surface area is 108 Å². The Morgan fingerprint density at radius 1 is 1.33 bits per heavy atom. The molecule has 1 aromatic carbocycles. The van der Waals surface area contributed by atoms with Crippen molar-refractivity contribution in [2.75, 3.05) is 0 Å². The van der Waals surface area contributed by atoms with E-state index < -0.39 is 0 Å². The first-order valence-corrected chi connectivity index (χ1v) is 5.55. The third-order valence-electron chi connectivity index (χ3n) is 2.28. The molecule has 0 amide bonds. The molecule has 0 aliphatic heterocycles. The lowest BCUT2D eigenvalue weighted by Crippen LogP contribution is -1.98. The lowest BCUT2D eigenvalue weighted by molar-refractivity contribution is 0.111. The van der Waals surface area contributed by atoms with E-state index in [-0.39, 0.29) is 12.4 Å². The number of pyridine rings is 1. The van der Waals surface area contributed by atoms with Crippen molar-refractivity contribution in [3.8, 4) is 5.75 Å². The van der Waals surface area contributed by atoms with Crippen LogP contribution in [0.15, 0.2) is 36.5 Å². The third kappa shape index (κ3) is 3.05. The standard InChI is InChI=1S/C13H9ClFNO2/c14-13-4-1-10(15)5-9(13)8-18-12-3-2-11(7-17)16-6-12/h1-7H,8H2. The zero-order valence-electron chi connectivity index (χ0n) is 9.27. The van der Waals surface area contributed by atoms with Crippen molar-refractivity contribution < 1.29 is 13.9 Å². The minimum absolute atomic E-state index is 0.138. The van der Waals surface area contributed by atoms with E-state index in [9.17, 15) is 9.18 Å². The van der Waals surface area contributed by atoms with Crippen molar-refractivity contribution in [2.45, 2.75) is 6.61 Å². The molecule has 0 aliphatic carbocycles. The molecule has 0 radical (unpaired) electrons. The van der Waals surface area contributed by atoms with Crippen LogP contribution < -0.4 is 4.74 Å². The molecule has 5 heteroatoms. The Kier molecular flexibility index (Phi) is 3.89. The highest BCUT2D eigenvalue weighted by Crippen LogP contribution is 2.19. The second-order valence-electron chi connectivity index (χ2n) is 3.56. The molecule has 1 aromatic heterocycles. The van der Waals surface area contributed by atoms with Crippen molar-refractivity contribution in [3.63, 3.8) is 0 Å². The number of nitrogens with zero attached hydrogens (tertiary/aromatic N) is 1. The topological polar surface area (TPSA) is 39.2 Å². The fraction of sp³-hybridized carbons (Fsp3) is 0.0769. The van der Waals surface area contributed by atoms with Crippen LogP contribution in [-0.4, -0.2) is 11.3 Å². The molecule has 3 nitrogen and oxygen atoms in total. The van der Waals surface area contributed by atoms with Gasteiger partial charge in [-0.05, 0) is 30.3 Å². The summed E-state index contributed by atoms with van der Waals surface area (Å²) in [5, 5.41) is 0.439. The Hall–Kier alpha value is -1.94. The summed E-state index contributed by atoms with van der Waals surface area (Å²) in [5.74, 6) is 0.119. The first kappa shape index (κ1) is 12.5. The lowest BCUT2D eigenvalue weighted by atomic mass is 10.2. The van der Waals surface area contributed by atoms with Crippen LogP contribution in [0.5, 0.6) is 5.75 Å². The molecule has 0 fully saturated rings. The van der Waals surface area contributed by atoms with Crippen LogP contribution in [-0.2, 0) is 6.61 Å². The molecule has 0 spiro atoms. The Morgan fingerprint density at radius 3 is 2.83 bits per heavy atom. The van der Waals surface area contributed by atoms with Gasteiger partial charge in [-0.1, -0.05) is 11.6 Å². The molecule has 0 unspecified atom stereocenters. The largest absolute Gasteiger partial charge is 0.487 e. The predicted molar refractivity (Wildman–Crippen MR) is 65.4 cm³/mol. The van der Waals surface area contributed by atoms with Gasteiger partial charge in [0.1, 0.15) is 23.9 Å². The first-order chi connectivity index (χ1) is 8.69. The molecular formula is C13H9ClFNO2. The number of carbonyl (C=O) groups is 1. The summed E-state index contributed by atoms with van der Waals surface area (Å²) in [7, 11) is 0. The highest BCUT2D eigenvalue weighted by Gasteiger charge is 2.03. The average molecular weight is 266 g/mol. The summed E-state index contributed by atoms with van der Waals surface area (Å²) in [6.45, 7) is 0.138. The van der Waals surface area contributed by atoms with Crippen LogP contribution in [0.1, 0.15) is 16.1 Å². The van der Waals surface area contributed by atoms with E-state index in [2.05, 4.69) is 4.98 Å². The number of benzene rings is 1. The number of hydrogen-bond acceptors (Lipinski definition) is 3. The minimum Gasteiger partial charge on any atom is -0.487 e. The maximum absolute atomic E-state index is 13.0. The molecular weight excluding hydrogens is 257 g/mol. The molecule has 0 saturated heterocycles. The van der Waals surface area contributed by atoms with Gasteiger partial charge in [-0.2, -0.15) is 0 Å². The van der Waals surface area contributed by atoms with Gasteiger partial charge < -0.3 is 4.74 Å². The van der Waals surface area contributed by atoms with Crippen molar-refractivity contribution >= 4 is 17.9 Å². The zero-order chi connectivity index (χ0) is 13.0. The summed E-state index contributed by atoms with van der Waals surface area (Å²) >= 11 is 5.90. The quantitative estimate of drug-likeness (QED) is 0.797. The van der Waals surface area contributed by atoms with Crippen LogP contribution in [0.3, 0.4) is 0 Å². The van der Waals surface area contributed by atoms with Gasteiger partial charge in [-0.3, -0.25) is 4.79 Å². The Balaban J connectivity index is 2.06. The normalized spacial score (nSPS) is 10.1. The number of carbonyl (C=O) groups excluding carboxylic acids is 1. The summed E-state index contributed by atoms with van der Waals surface area (Å²) < 4.78 is 18.4. The second-order valence-corrected chi connectivity index (χ2v) is 3.97. The van der Waals surface area contributed by atoms with Crippen molar-refractivity contribution in [3.05, 3.63) is 58.6 Å².